The lowest BCUT2D eigenvalue weighted by molar-refractivity contribution is 0.813. The van der Waals surface area contributed by atoms with Gasteiger partial charge in [0.15, 0.2) is 0 Å². The van der Waals surface area contributed by atoms with Gasteiger partial charge in [0.25, 0.3) is 0 Å². The van der Waals surface area contributed by atoms with E-state index in [1.807, 2.05) is 18.2 Å². The summed E-state index contributed by atoms with van der Waals surface area (Å²) in [4.78, 5) is 8.46. The molecule has 2 rings (SSSR count). The first kappa shape index (κ1) is 15.1. The van der Waals surface area contributed by atoms with E-state index in [1.165, 1.54) is 0 Å². The van der Waals surface area contributed by atoms with Gasteiger partial charge in [0.2, 0.25) is 0 Å². The van der Waals surface area contributed by atoms with Gasteiger partial charge >= 0.3 is 0 Å². The third-order valence-electron chi connectivity index (χ3n) is 3.00. The van der Waals surface area contributed by atoms with Crippen LogP contribution in [-0.2, 0) is 6.42 Å². The van der Waals surface area contributed by atoms with Gasteiger partial charge in [-0.25, -0.2) is 9.97 Å². The van der Waals surface area contributed by atoms with Crippen LogP contribution in [-0.4, -0.2) is 16.5 Å². The molecule has 0 aliphatic heterocycles. The molecule has 0 radical (unpaired) electrons. The zero-order chi connectivity index (χ0) is 14.5. The van der Waals surface area contributed by atoms with E-state index >= 15 is 0 Å². The third-order valence-corrected chi connectivity index (χ3v) is 3.58. The number of hydrogen-bond donors (Lipinski definition) is 1. The Bertz CT molecular complexity index is 585. The van der Waals surface area contributed by atoms with E-state index in [9.17, 15) is 0 Å². The molecule has 1 aromatic carbocycles. The minimum atomic E-state index is 0.393. The molecule has 106 valence electrons. The molecule has 1 heterocycles. The zero-order valence-electron chi connectivity index (χ0n) is 11.5. The zero-order valence-corrected chi connectivity index (χ0v) is 13.0. The van der Waals surface area contributed by atoms with Crippen LogP contribution in [0.1, 0.15) is 31.0 Å². The van der Waals surface area contributed by atoms with Crippen molar-refractivity contribution in [1.29, 1.82) is 0 Å². The molecule has 1 N–H and O–H groups in total. The second-order valence-corrected chi connectivity index (χ2v) is 5.74. The monoisotopic (exact) mass is 309 g/mol. The highest BCUT2D eigenvalue weighted by molar-refractivity contribution is 6.35. The number of halogens is 2. The lowest BCUT2D eigenvalue weighted by atomic mass is 10.1. The SMILES string of the molecule is CC(C)c1cc(NCCc2ccc(Cl)cc2Cl)ncn1. The van der Waals surface area contributed by atoms with Gasteiger partial charge in [-0.2, -0.15) is 0 Å². The Balaban J connectivity index is 1.94. The molecule has 20 heavy (non-hydrogen) atoms. The van der Waals surface area contributed by atoms with Crippen molar-refractivity contribution in [2.24, 2.45) is 0 Å². The van der Waals surface area contributed by atoms with Crippen molar-refractivity contribution in [1.82, 2.24) is 9.97 Å². The lowest BCUT2D eigenvalue weighted by Crippen LogP contribution is -2.07. The molecule has 3 nitrogen and oxygen atoms in total. The van der Waals surface area contributed by atoms with Crippen molar-refractivity contribution in [2.45, 2.75) is 26.2 Å². The Morgan fingerprint density at radius 1 is 1.15 bits per heavy atom. The Kier molecular flexibility index (Phi) is 5.21. The van der Waals surface area contributed by atoms with Crippen molar-refractivity contribution < 1.29 is 0 Å². The van der Waals surface area contributed by atoms with Gasteiger partial charge in [-0.3, -0.25) is 0 Å². The number of rotatable bonds is 5. The summed E-state index contributed by atoms with van der Waals surface area (Å²) in [5.74, 6) is 1.23. The van der Waals surface area contributed by atoms with Crippen LogP contribution in [0.15, 0.2) is 30.6 Å². The van der Waals surface area contributed by atoms with E-state index in [-0.39, 0.29) is 0 Å². The van der Waals surface area contributed by atoms with Gasteiger partial charge in [-0.1, -0.05) is 43.1 Å². The van der Waals surface area contributed by atoms with E-state index < -0.39 is 0 Å². The number of hydrogen-bond acceptors (Lipinski definition) is 3. The fourth-order valence-corrected chi connectivity index (χ4v) is 2.34. The molecule has 0 spiro atoms. The first-order valence-electron chi connectivity index (χ1n) is 6.56. The van der Waals surface area contributed by atoms with Crippen molar-refractivity contribution in [3.63, 3.8) is 0 Å². The number of nitrogens with zero attached hydrogens (tertiary/aromatic N) is 2. The maximum absolute atomic E-state index is 6.14. The van der Waals surface area contributed by atoms with Crippen molar-refractivity contribution in [2.75, 3.05) is 11.9 Å². The topological polar surface area (TPSA) is 37.8 Å². The number of nitrogens with one attached hydrogen (secondary N) is 1. The Morgan fingerprint density at radius 3 is 2.65 bits per heavy atom. The predicted octanol–water partition coefficient (Wildman–Crippen LogP) is 4.56. The highest BCUT2D eigenvalue weighted by Gasteiger charge is 2.04. The molecule has 0 aliphatic carbocycles. The van der Waals surface area contributed by atoms with Gasteiger partial charge in [-0.15, -0.1) is 0 Å². The summed E-state index contributed by atoms with van der Waals surface area (Å²) >= 11 is 12.0. The molecule has 0 aliphatic rings. The molecule has 0 atom stereocenters. The molecular weight excluding hydrogens is 293 g/mol. The first-order valence-corrected chi connectivity index (χ1v) is 7.31. The van der Waals surface area contributed by atoms with Crippen LogP contribution in [0.5, 0.6) is 0 Å². The number of benzene rings is 1. The van der Waals surface area contributed by atoms with E-state index in [2.05, 4.69) is 29.1 Å². The molecular formula is C15H17Cl2N3. The summed E-state index contributed by atoms with van der Waals surface area (Å²) in [6.45, 7) is 4.98. The van der Waals surface area contributed by atoms with E-state index in [4.69, 9.17) is 23.2 Å². The fourth-order valence-electron chi connectivity index (χ4n) is 1.83. The first-order chi connectivity index (χ1) is 9.56. The summed E-state index contributed by atoms with van der Waals surface area (Å²) < 4.78 is 0. The van der Waals surface area contributed by atoms with Crippen LogP contribution >= 0.6 is 23.2 Å². The standard InChI is InChI=1S/C15H17Cl2N3/c1-10(2)14-8-15(20-9-19-14)18-6-5-11-3-4-12(16)7-13(11)17/h3-4,7-10H,5-6H2,1-2H3,(H,18,19,20). The molecule has 5 heteroatoms. The van der Waals surface area contributed by atoms with Crippen LogP contribution in [0, 0.1) is 0 Å². The van der Waals surface area contributed by atoms with Gasteiger partial charge in [0.05, 0.1) is 0 Å². The molecule has 1 aromatic heterocycles. The van der Waals surface area contributed by atoms with Crippen molar-refractivity contribution >= 4 is 29.0 Å². The third kappa shape index (κ3) is 4.09. The maximum atomic E-state index is 6.14. The van der Waals surface area contributed by atoms with Gasteiger partial charge in [-0.05, 0) is 30.0 Å². The molecule has 2 aromatic rings. The summed E-state index contributed by atoms with van der Waals surface area (Å²) in [5.41, 5.74) is 2.11. The second-order valence-electron chi connectivity index (χ2n) is 4.90. The van der Waals surface area contributed by atoms with Crippen LogP contribution in [0.4, 0.5) is 5.82 Å². The average molecular weight is 310 g/mol. The average Bonchev–Trinajstić information content (AvgIpc) is 2.41. The minimum Gasteiger partial charge on any atom is -0.370 e. The Morgan fingerprint density at radius 2 is 1.95 bits per heavy atom. The van der Waals surface area contributed by atoms with Crippen molar-refractivity contribution in [3.05, 3.63) is 51.9 Å². The van der Waals surface area contributed by atoms with E-state index in [0.29, 0.717) is 16.0 Å². The summed E-state index contributed by atoms with van der Waals surface area (Å²) in [5, 5.41) is 4.64. The van der Waals surface area contributed by atoms with E-state index in [0.717, 1.165) is 30.0 Å². The van der Waals surface area contributed by atoms with Crippen LogP contribution in [0.3, 0.4) is 0 Å². The van der Waals surface area contributed by atoms with Gasteiger partial charge in [0.1, 0.15) is 12.1 Å². The van der Waals surface area contributed by atoms with Crippen LogP contribution in [0.2, 0.25) is 10.0 Å². The Hall–Kier alpha value is -1.32. The summed E-state index contributed by atoms with van der Waals surface area (Å²) in [7, 11) is 0. The highest BCUT2D eigenvalue weighted by atomic mass is 35.5. The molecule has 0 fully saturated rings. The molecule has 0 amide bonds. The molecule has 0 bridgehead atoms. The normalized spacial score (nSPS) is 10.8. The van der Waals surface area contributed by atoms with Crippen LogP contribution in [0.25, 0.3) is 0 Å². The van der Waals surface area contributed by atoms with E-state index in [1.54, 1.807) is 12.4 Å². The number of aromatic nitrogens is 2. The van der Waals surface area contributed by atoms with Gasteiger partial charge < -0.3 is 5.32 Å². The summed E-state index contributed by atoms with van der Waals surface area (Å²) in [6.07, 6.45) is 2.41. The predicted molar refractivity (Wildman–Crippen MR) is 84.8 cm³/mol. The Labute approximate surface area is 129 Å². The maximum Gasteiger partial charge on any atom is 0.129 e. The number of anilines is 1. The van der Waals surface area contributed by atoms with Crippen molar-refractivity contribution in [3.8, 4) is 0 Å². The minimum absolute atomic E-state index is 0.393. The molecule has 0 unspecified atom stereocenters. The smallest absolute Gasteiger partial charge is 0.129 e. The highest BCUT2D eigenvalue weighted by Crippen LogP contribution is 2.21. The second kappa shape index (κ2) is 6.91. The molecule has 0 saturated carbocycles. The van der Waals surface area contributed by atoms with Gasteiger partial charge in [0, 0.05) is 28.4 Å². The fraction of sp³-hybridized carbons (Fsp3) is 0.333. The largest absolute Gasteiger partial charge is 0.370 e. The molecule has 0 saturated heterocycles. The van der Waals surface area contributed by atoms with Crippen LogP contribution < -0.4 is 5.32 Å². The summed E-state index contributed by atoms with van der Waals surface area (Å²) in [6, 6.07) is 7.55. The quantitative estimate of drug-likeness (QED) is 0.879. The lowest BCUT2D eigenvalue weighted by Gasteiger charge is -2.09.